The first-order chi connectivity index (χ1) is 13.9. The quantitative estimate of drug-likeness (QED) is 0.629. The molecule has 0 bridgehead atoms. The van der Waals surface area contributed by atoms with Gasteiger partial charge in [-0.1, -0.05) is 12.1 Å². The molecule has 0 aliphatic carbocycles. The second kappa shape index (κ2) is 7.65. The number of anilines is 1. The smallest absolute Gasteiger partial charge is 0.243 e. The number of benzene rings is 1. The highest BCUT2D eigenvalue weighted by molar-refractivity contribution is 7.89. The Bertz CT molecular complexity index is 1200. The van der Waals surface area contributed by atoms with Crippen molar-refractivity contribution in [1.29, 1.82) is 0 Å². The zero-order valence-corrected chi connectivity index (χ0v) is 16.9. The SMILES string of the molecule is Nc1ncnc2sc3c(c12)CCN(C(=O)CCNS(=O)(=O)c1ccccc1F)C3. The summed E-state index contributed by atoms with van der Waals surface area (Å²) in [5.41, 5.74) is 7.04. The predicted molar refractivity (Wildman–Crippen MR) is 107 cm³/mol. The number of rotatable bonds is 5. The number of hydrogen-bond donors (Lipinski definition) is 2. The van der Waals surface area contributed by atoms with Gasteiger partial charge in [0.25, 0.3) is 0 Å². The molecule has 0 radical (unpaired) electrons. The Kier molecular flexibility index (Phi) is 5.19. The van der Waals surface area contributed by atoms with E-state index in [4.69, 9.17) is 5.73 Å². The Morgan fingerprint density at radius 1 is 1.31 bits per heavy atom. The lowest BCUT2D eigenvalue weighted by molar-refractivity contribution is -0.131. The number of fused-ring (bicyclic) bond motifs is 3. The summed E-state index contributed by atoms with van der Waals surface area (Å²) in [6, 6.07) is 5.11. The van der Waals surface area contributed by atoms with E-state index in [-0.39, 0.29) is 18.9 Å². The summed E-state index contributed by atoms with van der Waals surface area (Å²) >= 11 is 1.48. The minimum Gasteiger partial charge on any atom is -0.383 e. The fraction of sp³-hybridized carbons (Fsp3) is 0.278. The van der Waals surface area contributed by atoms with Gasteiger partial charge in [-0.05, 0) is 24.1 Å². The van der Waals surface area contributed by atoms with Gasteiger partial charge in [0.1, 0.15) is 27.7 Å². The molecule has 0 spiro atoms. The third-order valence-electron chi connectivity index (χ3n) is 4.78. The van der Waals surface area contributed by atoms with E-state index in [0.717, 1.165) is 26.7 Å². The molecule has 152 valence electrons. The van der Waals surface area contributed by atoms with Crippen LogP contribution in [0.3, 0.4) is 0 Å². The molecule has 3 heterocycles. The minimum atomic E-state index is -4.01. The van der Waals surface area contributed by atoms with Crippen LogP contribution in [-0.4, -0.2) is 42.3 Å². The monoisotopic (exact) mass is 435 g/mol. The normalized spacial score (nSPS) is 14.2. The molecule has 1 aromatic carbocycles. The number of aromatic nitrogens is 2. The number of thiophene rings is 1. The van der Waals surface area contributed by atoms with E-state index < -0.39 is 20.7 Å². The summed E-state index contributed by atoms with van der Waals surface area (Å²) in [6.07, 6.45) is 2.04. The first-order valence-electron chi connectivity index (χ1n) is 8.89. The molecule has 8 nitrogen and oxygen atoms in total. The van der Waals surface area contributed by atoms with E-state index >= 15 is 0 Å². The maximum absolute atomic E-state index is 13.7. The van der Waals surface area contributed by atoms with E-state index in [1.807, 2.05) is 0 Å². The number of nitrogen functional groups attached to an aromatic ring is 1. The van der Waals surface area contributed by atoms with Crippen molar-refractivity contribution in [3.8, 4) is 0 Å². The van der Waals surface area contributed by atoms with Crippen LogP contribution < -0.4 is 10.5 Å². The van der Waals surface area contributed by atoms with Crippen molar-refractivity contribution in [2.45, 2.75) is 24.3 Å². The lowest BCUT2D eigenvalue weighted by atomic mass is 10.0. The van der Waals surface area contributed by atoms with Gasteiger partial charge in [-0.15, -0.1) is 11.3 Å². The van der Waals surface area contributed by atoms with Gasteiger partial charge in [0.2, 0.25) is 15.9 Å². The fourth-order valence-corrected chi connectivity index (χ4v) is 5.68. The Morgan fingerprint density at radius 2 is 2.10 bits per heavy atom. The third-order valence-corrected chi connectivity index (χ3v) is 7.40. The highest BCUT2D eigenvalue weighted by atomic mass is 32.2. The summed E-state index contributed by atoms with van der Waals surface area (Å²) < 4.78 is 40.4. The van der Waals surface area contributed by atoms with Crippen LogP contribution in [0.4, 0.5) is 10.2 Å². The van der Waals surface area contributed by atoms with E-state index in [1.54, 1.807) is 4.90 Å². The maximum atomic E-state index is 13.7. The average molecular weight is 436 g/mol. The van der Waals surface area contributed by atoms with Crippen LogP contribution in [0.15, 0.2) is 35.5 Å². The van der Waals surface area contributed by atoms with Crippen molar-refractivity contribution in [2.75, 3.05) is 18.8 Å². The zero-order chi connectivity index (χ0) is 20.6. The number of nitrogens with one attached hydrogen (secondary N) is 1. The van der Waals surface area contributed by atoms with E-state index in [2.05, 4.69) is 14.7 Å². The van der Waals surface area contributed by atoms with E-state index in [1.165, 1.54) is 35.9 Å². The van der Waals surface area contributed by atoms with Gasteiger partial charge in [0.15, 0.2) is 0 Å². The van der Waals surface area contributed by atoms with Crippen LogP contribution in [0.5, 0.6) is 0 Å². The average Bonchev–Trinajstić information content (AvgIpc) is 3.07. The van der Waals surface area contributed by atoms with Crippen LogP contribution in [0.25, 0.3) is 10.2 Å². The molecule has 3 aromatic rings. The molecule has 11 heteroatoms. The van der Waals surface area contributed by atoms with E-state index in [9.17, 15) is 17.6 Å². The van der Waals surface area contributed by atoms with Gasteiger partial charge in [-0.3, -0.25) is 4.79 Å². The van der Waals surface area contributed by atoms with Crippen molar-refractivity contribution in [2.24, 2.45) is 0 Å². The first kappa shape index (κ1) is 19.7. The molecule has 0 saturated heterocycles. The van der Waals surface area contributed by atoms with Crippen LogP contribution in [0, 0.1) is 5.82 Å². The van der Waals surface area contributed by atoms with Gasteiger partial charge in [0.05, 0.1) is 11.9 Å². The molecular weight excluding hydrogens is 417 g/mol. The van der Waals surface area contributed by atoms with Gasteiger partial charge < -0.3 is 10.6 Å². The second-order valence-corrected chi connectivity index (χ2v) is 9.41. The highest BCUT2D eigenvalue weighted by Crippen LogP contribution is 2.36. The Hall–Kier alpha value is -2.63. The van der Waals surface area contributed by atoms with Crippen molar-refractivity contribution in [3.05, 3.63) is 46.9 Å². The van der Waals surface area contributed by atoms with Crippen LogP contribution in [0.1, 0.15) is 16.9 Å². The van der Waals surface area contributed by atoms with Crippen LogP contribution in [0.2, 0.25) is 0 Å². The maximum Gasteiger partial charge on any atom is 0.243 e. The Balaban J connectivity index is 1.40. The second-order valence-electron chi connectivity index (χ2n) is 6.59. The third kappa shape index (κ3) is 3.80. The van der Waals surface area contributed by atoms with Crippen molar-refractivity contribution < 1.29 is 17.6 Å². The molecule has 1 aliphatic heterocycles. The standard InChI is InChI=1S/C18H18FN5O3S2/c19-12-3-1-2-4-14(12)29(26,27)23-7-5-15(25)24-8-6-11-13(9-24)28-18-16(11)17(20)21-10-22-18/h1-4,10,23H,5-9H2,(H2,20,21,22). The molecule has 3 N–H and O–H groups in total. The molecule has 1 aliphatic rings. The zero-order valence-electron chi connectivity index (χ0n) is 15.3. The van der Waals surface area contributed by atoms with Crippen LogP contribution in [-0.2, 0) is 27.8 Å². The lowest BCUT2D eigenvalue weighted by Crippen LogP contribution is -2.37. The number of carbonyl (C=O) groups is 1. The van der Waals surface area contributed by atoms with Gasteiger partial charge in [-0.2, -0.15) is 0 Å². The van der Waals surface area contributed by atoms with Gasteiger partial charge in [-0.25, -0.2) is 27.5 Å². The van der Waals surface area contributed by atoms with Crippen molar-refractivity contribution in [1.82, 2.24) is 19.6 Å². The Labute approximate surface area is 170 Å². The summed E-state index contributed by atoms with van der Waals surface area (Å²) in [7, 11) is -4.01. The molecular formula is C18H18FN5O3S2. The number of amides is 1. The minimum absolute atomic E-state index is 0.0180. The topological polar surface area (TPSA) is 118 Å². The Morgan fingerprint density at radius 3 is 2.90 bits per heavy atom. The summed E-state index contributed by atoms with van der Waals surface area (Å²) in [5.74, 6) is -0.569. The predicted octanol–water partition coefficient (Wildman–Crippen LogP) is 1.67. The molecule has 2 aromatic heterocycles. The highest BCUT2D eigenvalue weighted by Gasteiger charge is 2.26. The summed E-state index contributed by atoms with van der Waals surface area (Å²) in [6.45, 7) is 0.824. The number of nitrogens with zero attached hydrogens (tertiary/aromatic N) is 3. The largest absolute Gasteiger partial charge is 0.383 e. The van der Waals surface area contributed by atoms with Crippen molar-refractivity contribution >= 4 is 43.3 Å². The molecule has 29 heavy (non-hydrogen) atoms. The van der Waals surface area contributed by atoms with Gasteiger partial charge in [0, 0.05) is 24.4 Å². The first-order valence-corrected chi connectivity index (χ1v) is 11.2. The summed E-state index contributed by atoms with van der Waals surface area (Å²) in [5, 5.41) is 0.859. The van der Waals surface area contributed by atoms with E-state index in [0.29, 0.717) is 25.3 Å². The molecule has 0 atom stereocenters. The number of halogens is 1. The number of sulfonamides is 1. The lowest BCUT2D eigenvalue weighted by Gasteiger charge is -2.27. The fourth-order valence-electron chi connectivity index (χ4n) is 3.36. The number of nitrogens with two attached hydrogens (primary N) is 1. The molecule has 0 fully saturated rings. The van der Waals surface area contributed by atoms with Crippen molar-refractivity contribution in [3.63, 3.8) is 0 Å². The number of hydrogen-bond acceptors (Lipinski definition) is 7. The molecule has 0 saturated carbocycles. The molecule has 0 unspecified atom stereocenters. The van der Waals surface area contributed by atoms with Crippen LogP contribution >= 0.6 is 11.3 Å². The van der Waals surface area contributed by atoms with Gasteiger partial charge >= 0.3 is 0 Å². The molecule has 1 amide bonds. The number of carbonyl (C=O) groups excluding carboxylic acids is 1. The summed E-state index contributed by atoms with van der Waals surface area (Å²) in [4.78, 5) is 23.9. The molecule has 4 rings (SSSR count).